The number of carbonyl (C=O) groups is 1. The highest BCUT2D eigenvalue weighted by Crippen LogP contribution is 2.19. The molecule has 1 rings (SSSR count). The zero-order valence-electron chi connectivity index (χ0n) is 7.27. The molecule has 0 aromatic heterocycles. The van der Waals surface area contributed by atoms with Gasteiger partial charge in [0.2, 0.25) is 0 Å². The summed E-state index contributed by atoms with van der Waals surface area (Å²) in [6.45, 7) is -0.104. The first kappa shape index (κ1) is 10.8. The minimum absolute atomic E-state index is 0.104. The quantitative estimate of drug-likeness (QED) is 0.806. The second-order valence-corrected chi connectivity index (χ2v) is 3.03. The van der Waals surface area contributed by atoms with Crippen LogP contribution in [0, 0.1) is 0 Å². The number of rotatable bonds is 3. The average molecular weight is 213 g/mol. The van der Waals surface area contributed by atoms with E-state index in [1.54, 1.807) is 6.08 Å². The summed E-state index contributed by atoms with van der Waals surface area (Å²) < 4.78 is 0. The fourth-order valence-electron chi connectivity index (χ4n) is 0.984. The third-order valence-electron chi connectivity index (χ3n) is 1.65. The van der Waals surface area contributed by atoms with Gasteiger partial charge in [-0.3, -0.25) is 0 Å². The second-order valence-electron chi connectivity index (χ2n) is 2.63. The van der Waals surface area contributed by atoms with E-state index in [0.717, 1.165) is 0 Å². The molecule has 3 nitrogen and oxygen atoms in total. The van der Waals surface area contributed by atoms with Gasteiger partial charge in [-0.05, 0) is 23.8 Å². The van der Waals surface area contributed by atoms with Crippen molar-refractivity contribution in [3.8, 4) is 0 Å². The van der Waals surface area contributed by atoms with E-state index in [4.69, 9.17) is 21.8 Å². The van der Waals surface area contributed by atoms with Crippen molar-refractivity contribution in [2.45, 2.75) is 0 Å². The molecule has 0 saturated heterocycles. The molecule has 0 saturated carbocycles. The van der Waals surface area contributed by atoms with Crippen molar-refractivity contribution >= 4 is 23.6 Å². The van der Waals surface area contributed by atoms with E-state index < -0.39 is 5.97 Å². The summed E-state index contributed by atoms with van der Waals surface area (Å²) in [7, 11) is 0. The highest BCUT2D eigenvalue weighted by atomic mass is 35.5. The highest BCUT2D eigenvalue weighted by molar-refractivity contribution is 6.32. The Bertz CT molecular complexity index is 372. The van der Waals surface area contributed by atoms with Crippen LogP contribution in [0.1, 0.15) is 15.9 Å². The van der Waals surface area contributed by atoms with Crippen molar-refractivity contribution in [3.05, 3.63) is 40.4 Å². The molecule has 74 valence electrons. The number of hydrogen-bond donors (Lipinski definition) is 2. The van der Waals surface area contributed by atoms with Gasteiger partial charge >= 0.3 is 5.97 Å². The van der Waals surface area contributed by atoms with E-state index in [-0.39, 0.29) is 12.2 Å². The summed E-state index contributed by atoms with van der Waals surface area (Å²) in [6, 6.07) is 4.40. The minimum atomic E-state index is -1.000. The molecule has 0 heterocycles. The number of hydrogen-bond acceptors (Lipinski definition) is 2. The molecule has 0 radical (unpaired) electrons. The first-order valence-electron chi connectivity index (χ1n) is 3.95. The van der Waals surface area contributed by atoms with Gasteiger partial charge in [0.05, 0.1) is 12.2 Å². The zero-order chi connectivity index (χ0) is 10.6. The smallest absolute Gasteiger partial charge is 0.335 e. The molecule has 14 heavy (non-hydrogen) atoms. The van der Waals surface area contributed by atoms with Gasteiger partial charge < -0.3 is 10.2 Å². The van der Waals surface area contributed by atoms with Gasteiger partial charge in [-0.2, -0.15) is 0 Å². The molecule has 0 atom stereocenters. The monoisotopic (exact) mass is 212 g/mol. The summed E-state index contributed by atoms with van der Waals surface area (Å²) in [5, 5.41) is 17.7. The molecule has 0 spiro atoms. The Hall–Kier alpha value is -1.32. The van der Waals surface area contributed by atoms with Crippen LogP contribution >= 0.6 is 11.6 Å². The van der Waals surface area contributed by atoms with Crippen LogP contribution < -0.4 is 0 Å². The van der Waals surface area contributed by atoms with Gasteiger partial charge in [0.25, 0.3) is 0 Å². The summed E-state index contributed by atoms with van der Waals surface area (Å²) >= 11 is 5.81. The van der Waals surface area contributed by atoms with Crippen LogP contribution in [0.4, 0.5) is 0 Å². The van der Waals surface area contributed by atoms with Crippen molar-refractivity contribution < 1.29 is 15.0 Å². The maximum absolute atomic E-state index is 10.6. The predicted octanol–water partition coefficient (Wildman–Crippen LogP) is 2.04. The van der Waals surface area contributed by atoms with Crippen molar-refractivity contribution in [1.82, 2.24) is 0 Å². The fourth-order valence-corrected chi connectivity index (χ4v) is 1.16. The lowest BCUT2D eigenvalue weighted by Crippen LogP contribution is -1.96. The molecule has 0 amide bonds. The standard InChI is InChI=1S/C10H9ClO3/c11-9-4-3-8(10(13)14)6-7(9)2-1-5-12/h1-4,6,12H,5H2,(H,13,14). The van der Waals surface area contributed by atoms with Gasteiger partial charge in [-0.1, -0.05) is 23.8 Å². The molecule has 1 aromatic rings. The maximum Gasteiger partial charge on any atom is 0.335 e. The van der Waals surface area contributed by atoms with Crippen molar-refractivity contribution in [1.29, 1.82) is 0 Å². The van der Waals surface area contributed by atoms with Gasteiger partial charge in [-0.25, -0.2) is 4.79 Å². The van der Waals surface area contributed by atoms with Crippen molar-refractivity contribution in [2.75, 3.05) is 6.61 Å². The van der Waals surface area contributed by atoms with Gasteiger partial charge in [0, 0.05) is 5.02 Å². The predicted molar refractivity (Wildman–Crippen MR) is 54.5 cm³/mol. The van der Waals surface area contributed by atoms with Gasteiger partial charge in [0.1, 0.15) is 0 Å². The van der Waals surface area contributed by atoms with E-state index in [9.17, 15) is 4.79 Å². The number of carboxylic acid groups (broad SMARTS) is 1. The van der Waals surface area contributed by atoms with Crippen LogP contribution in [0.15, 0.2) is 24.3 Å². The molecule has 0 bridgehead atoms. The number of aliphatic hydroxyl groups excluding tert-OH is 1. The molecule has 0 fully saturated rings. The average Bonchev–Trinajstić information content (AvgIpc) is 2.16. The normalized spacial score (nSPS) is 10.7. The summed E-state index contributed by atoms with van der Waals surface area (Å²) in [5.74, 6) is -1.000. The first-order chi connectivity index (χ1) is 6.65. The Morgan fingerprint density at radius 2 is 2.21 bits per heavy atom. The van der Waals surface area contributed by atoms with Crippen molar-refractivity contribution in [2.24, 2.45) is 0 Å². The van der Waals surface area contributed by atoms with Crippen molar-refractivity contribution in [3.63, 3.8) is 0 Å². The van der Waals surface area contributed by atoms with Gasteiger partial charge in [-0.15, -0.1) is 0 Å². The Kier molecular flexibility index (Phi) is 3.68. The number of carboxylic acids is 1. The van der Waals surface area contributed by atoms with E-state index in [0.29, 0.717) is 10.6 Å². The van der Waals surface area contributed by atoms with Crippen LogP contribution in [-0.4, -0.2) is 22.8 Å². The fraction of sp³-hybridized carbons (Fsp3) is 0.100. The van der Waals surface area contributed by atoms with Gasteiger partial charge in [0.15, 0.2) is 0 Å². The number of halogens is 1. The zero-order valence-corrected chi connectivity index (χ0v) is 8.03. The number of benzene rings is 1. The second kappa shape index (κ2) is 4.79. The summed E-state index contributed by atoms with van der Waals surface area (Å²) in [5.41, 5.74) is 0.757. The molecule has 0 unspecified atom stereocenters. The lowest BCUT2D eigenvalue weighted by molar-refractivity contribution is 0.0697. The molecule has 0 aliphatic heterocycles. The molecule has 4 heteroatoms. The molecular formula is C10H9ClO3. The van der Waals surface area contributed by atoms with E-state index in [1.165, 1.54) is 24.3 Å². The number of aliphatic hydroxyl groups is 1. The lowest BCUT2D eigenvalue weighted by atomic mass is 10.1. The third kappa shape index (κ3) is 2.58. The molecule has 1 aromatic carbocycles. The molecular weight excluding hydrogens is 204 g/mol. The van der Waals surface area contributed by atoms with E-state index in [2.05, 4.69) is 0 Å². The SMILES string of the molecule is O=C(O)c1ccc(Cl)c(C=CCO)c1. The minimum Gasteiger partial charge on any atom is -0.478 e. The topological polar surface area (TPSA) is 57.5 Å². The molecule has 0 aliphatic carbocycles. The highest BCUT2D eigenvalue weighted by Gasteiger charge is 2.04. The number of aromatic carboxylic acids is 1. The molecule has 0 aliphatic rings. The van der Waals surface area contributed by atoms with Crippen LogP contribution in [0.25, 0.3) is 6.08 Å². The van der Waals surface area contributed by atoms with E-state index >= 15 is 0 Å². The van der Waals surface area contributed by atoms with Crippen LogP contribution in [-0.2, 0) is 0 Å². The van der Waals surface area contributed by atoms with Crippen LogP contribution in [0.2, 0.25) is 5.02 Å². The third-order valence-corrected chi connectivity index (χ3v) is 1.99. The lowest BCUT2D eigenvalue weighted by Gasteiger charge is -1.99. The largest absolute Gasteiger partial charge is 0.478 e. The summed E-state index contributed by atoms with van der Waals surface area (Å²) in [6.07, 6.45) is 3.07. The summed E-state index contributed by atoms with van der Waals surface area (Å²) in [4.78, 5) is 10.6. The molecule has 2 N–H and O–H groups in total. The Morgan fingerprint density at radius 3 is 2.79 bits per heavy atom. The van der Waals surface area contributed by atoms with Crippen LogP contribution in [0.3, 0.4) is 0 Å². The Morgan fingerprint density at radius 1 is 1.50 bits per heavy atom. The first-order valence-corrected chi connectivity index (χ1v) is 4.33. The Balaban J connectivity index is 3.08. The van der Waals surface area contributed by atoms with Crippen LogP contribution in [0.5, 0.6) is 0 Å². The maximum atomic E-state index is 10.6. The Labute approximate surface area is 86.3 Å². The van der Waals surface area contributed by atoms with E-state index in [1.807, 2.05) is 0 Å².